The van der Waals surface area contributed by atoms with E-state index in [4.69, 9.17) is 4.74 Å². The molecule has 0 fully saturated rings. The first kappa shape index (κ1) is 16.3. The zero-order chi connectivity index (χ0) is 16.5. The van der Waals surface area contributed by atoms with Gasteiger partial charge in [-0.3, -0.25) is 10.4 Å². The van der Waals surface area contributed by atoms with Gasteiger partial charge in [0.1, 0.15) is 12.2 Å². The van der Waals surface area contributed by atoms with Gasteiger partial charge in [0.15, 0.2) is 0 Å². The van der Waals surface area contributed by atoms with Crippen molar-refractivity contribution in [2.24, 2.45) is 0 Å². The number of ether oxygens (including phenoxy) is 1. The SMILES string of the molecule is CCOC(=O)Nc1ccc(NC(=O)NCCc2ncn[nH]2)cc1. The van der Waals surface area contributed by atoms with Crippen molar-refractivity contribution in [3.8, 4) is 0 Å². The highest BCUT2D eigenvalue weighted by Gasteiger charge is 2.04. The van der Waals surface area contributed by atoms with E-state index in [9.17, 15) is 9.59 Å². The summed E-state index contributed by atoms with van der Waals surface area (Å²) in [6.07, 6.45) is 1.47. The molecule has 122 valence electrons. The molecule has 0 bridgehead atoms. The lowest BCUT2D eigenvalue weighted by molar-refractivity contribution is 0.168. The number of hydrogen-bond donors (Lipinski definition) is 4. The molecule has 0 saturated carbocycles. The molecule has 0 unspecified atom stereocenters. The van der Waals surface area contributed by atoms with Crippen LogP contribution >= 0.6 is 0 Å². The molecule has 23 heavy (non-hydrogen) atoms. The molecule has 0 aliphatic rings. The summed E-state index contributed by atoms with van der Waals surface area (Å²) in [5.74, 6) is 0.708. The van der Waals surface area contributed by atoms with Crippen molar-refractivity contribution in [1.29, 1.82) is 0 Å². The number of nitrogens with one attached hydrogen (secondary N) is 4. The Hall–Kier alpha value is -3.10. The Balaban J connectivity index is 1.74. The van der Waals surface area contributed by atoms with E-state index in [0.717, 1.165) is 0 Å². The summed E-state index contributed by atoms with van der Waals surface area (Å²) in [4.78, 5) is 27.0. The van der Waals surface area contributed by atoms with E-state index in [1.807, 2.05) is 0 Å². The van der Waals surface area contributed by atoms with E-state index in [0.29, 0.717) is 36.8 Å². The van der Waals surface area contributed by atoms with Crippen molar-refractivity contribution in [3.05, 3.63) is 36.4 Å². The Bertz CT molecular complexity index is 626. The fraction of sp³-hybridized carbons (Fsp3) is 0.286. The minimum atomic E-state index is -0.515. The molecule has 1 aromatic heterocycles. The molecule has 1 heterocycles. The quantitative estimate of drug-likeness (QED) is 0.646. The fourth-order valence-electron chi connectivity index (χ4n) is 1.74. The number of anilines is 2. The number of H-pyrrole nitrogens is 1. The van der Waals surface area contributed by atoms with Crippen LogP contribution in [0, 0.1) is 0 Å². The summed E-state index contributed by atoms with van der Waals surface area (Å²) in [5, 5.41) is 14.4. The zero-order valence-electron chi connectivity index (χ0n) is 12.6. The van der Waals surface area contributed by atoms with E-state index < -0.39 is 6.09 Å². The van der Waals surface area contributed by atoms with E-state index >= 15 is 0 Å². The Morgan fingerprint density at radius 2 is 1.87 bits per heavy atom. The lowest BCUT2D eigenvalue weighted by Crippen LogP contribution is -2.30. The Morgan fingerprint density at radius 1 is 1.17 bits per heavy atom. The molecular weight excluding hydrogens is 300 g/mol. The van der Waals surface area contributed by atoms with Crippen LogP contribution in [0.2, 0.25) is 0 Å². The summed E-state index contributed by atoms with van der Waals surface area (Å²) in [5.41, 5.74) is 1.19. The molecule has 0 saturated heterocycles. The number of nitrogens with zero attached hydrogens (tertiary/aromatic N) is 2. The second kappa shape index (κ2) is 8.37. The van der Waals surface area contributed by atoms with Crippen molar-refractivity contribution in [1.82, 2.24) is 20.5 Å². The van der Waals surface area contributed by atoms with Crippen LogP contribution in [0.15, 0.2) is 30.6 Å². The summed E-state index contributed by atoms with van der Waals surface area (Å²) in [6.45, 7) is 2.47. The largest absolute Gasteiger partial charge is 0.450 e. The molecule has 9 heteroatoms. The highest BCUT2D eigenvalue weighted by Crippen LogP contribution is 2.13. The summed E-state index contributed by atoms with van der Waals surface area (Å²) in [6, 6.07) is 6.37. The maximum absolute atomic E-state index is 11.7. The van der Waals surface area contributed by atoms with E-state index in [-0.39, 0.29) is 6.03 Å². The van der Waals surface area contributed by atoms with E-state index in [1.165, 1.54) is 6.33 Å². The number of aromatic nitrogens is 3. The van der Waals surface area contributed by atoms with Gasteiger partial charge in [0.25, 0.3) is 0 Å². The summed E-state index contributed by atoms with van der Waals surface area (Å²) in [7, 11) is 0. The third kappa shape index (κ3) is 5.65. The number of aromatic amines is 1. The second-order valence-corrected chi connectivity index (χ2v) is 4.49. The molecule has 0 spiro atoms. The third-order valence-corrected chi connectivity index (χ3v) is 2.78. The lowest BCUT2D eigenvalue weighted by Gasteiger charge is -2.08. The summed E-state index contributed by atoms with van der Waals surface area (Å²) >= 11 is 0. The number of rotatable bonds is 6. The highest BCUT2D eigenvalue weighted by atomic mass is 16.5. The topological polar surface area (TPSA) is 121 Å². The number of benzene rings is 1. The van der Waals surface area contributed by atoms with Crippen LogP contribution in [-0.2, 0) is 11.2 Å². The predicted octanol–water partition coefficient (Wildman–Crippen LogP) is 1.74. The average molecular weight is 318 g/mol. The van der Waals surface area contributed by atoms with Gasteiger partial charge >= 0.3 is 12.1 Å². The average Bonchev–Trinajstić information content (AvgIpc) is 3.03. The van der Waals surface area contributed by atoms with Crippen LogP contribution < -0.4 is 16.0 Å². The van der Waals surface area contributed by atoms with Crippen LogP contribution in [0.3, 0.4) is 0 Å². The molecule has 9 nitrogen and oxygen atoms in total. The van der Waals surface area contributed by atoms with Crippen molar-refractivity contribution >= 4 is 23.5 Å². The molecule has 0 aliphatic carbocycles. The normalized spacial score (nSPS) is 9.96. The highest BCUT2D eigenvalue weighted by molar-refractivity contribution is 5.90. The minimum absolute atomic E-state index is 0.305. The van der Waals surface area contributed by atoms with Crippen LogP contribution in [-0.4, -0.2) is 40.5 Å². The van der Waals surface area contributed by atoms with Crippen molar-refractivity contribution in [3.63, 3.8) is 0 Å². The number of carbonyl (C=O) groups is 2. The molecule has 0 atom stereocenters. The Labute approximate surface area is 132 Å². The van der Waals surface area contributed by atoms with Gasteiger partial charge in [0, 0.05) is 24.3 Å². The molecule has 3 amide bonds. The third-order valence-electron chi connectivity index (χ3n) is 2.78. The van der Waals surface area contributed by atoms with Crippen molar-refractivity contribution in [2.45, 2.75) is 13.3 Å². The van der Waals surface area contributed by atoms with Gasteiger partial charge in [0.05, 0.1) is 6.61 Å². The van der Waals surface area contributed by atoms with E-state index in [2.05, 4.69) is 31.1 Å². The maximum Gasteiger partial charge on any atom is 0.411 e. The van der Waals surface area contributed by atoms with Gasteiger partial charge < -0.3 is 15.4 Å². The maximum atomic E-state index is 11.7. The molecule has 2 aromatic rings. The van der Waals surface area contributed by atoms with Crippen molar-refractivity contribution < 1.29 is 14.3 Å². The minimum Gasteiger partial charge on any atom is -0.450 e. The molecule has 0 aliphatic heterocycles. The monoisotopic (exact) mass is 318 g/mol. The second-order valence-electron chi connectivity index (χ2n) is 4.49. The van der Waals surface area contributed by atoms with Crippen LogP contribution in [0.1, 0.15) is 12.7 Å². The van der Waals surface area contributed by atoms with Gasteiger partial charge in [-0.25, -0.2) is 14.6 Å². The fourth-order valence-corrected chi connectivity index (χ4v) is 1.74. The zero-order valence-corrected chi connectivity index (χ0v) is 12.6. The van der Waals surface area contributed by atoms with Gasteiger partial charge in [0.2, 0.25) is 0 Å². The van der Waals surface area contributed by atoms with Gasteiger partial charge in [-0.15, -0.1) is 0 Å². The number of hydrogen-bond acceptors (Lipinski definition) is 5. The molecule has 4 N–H and O–H groups in total. The smallest absolute Gasteiger partial charge is 0.411 e. The number of urea groups is 1. The van der Waals surface area contributed by atoms with Gasteiger partial charge in [-0.1, -0.05) is 0 Å². The number of amides is 3. The summed E-state index contributed by atoms with van der Waals surface area (Å²) < 4.78 is 4.77. The van der Waals surface area contributed by atoms with Crippen LogP contribution in [0.4, 0.5) is 21.0 Å². The van der Waals surface area contributed by atoms with Gasteiger partial charge in [-0.05, 0) is 31.2 Å². The number of carbonyl (C=O) groups excluding carboxylic acids is 2. The first-order chi connectivity index (χ1) is 11.2. The van der Waals surface area contributed by atoms with Gasteiger partial charge in [-0.2, -0.15) is 5.10 Å². The Morgan fingerprint density at radius 3 is 2.48 bits per heavy atom. The Kier molecular flexibility index (Phi) is 5.92. The van der Waals surface area contributed by atoms with Crippen molar-refractivity contribution in [2.75, 3.05) is 23.8 Å². The predicted molar refractivity (Wildman–Crippen MR) is 84.2 cm³/mol. The molecule has 2 rings (SSSR count). The first-order valence-electron chi connectivity index (χ1n) is 7.10. The standard InChI is InChI=1S/C14H18N6O3/c1-2-23-14(22)19-11-5-3-10(4-6-11)18-13(21)15-8-7-12-16-9-17-20-12/h3-6,9H,2,7-8H2,1H3,(H,19,22)(H2,15,18,21)(H,16,17,20). The molecule has 1 aromatic carbocycles. The lowest BCUT2D eigenvalue weighted by atomic mass is 10.3. The van der Waals surface area contributed by atoms with E-state index in [1.54, 1.807) is 31.2 Å². The van der Waals surface area contributed by atoms with Crippen LogP contribution in [0.25, 0.3) is 0 Å². The molecular formula is C14H18N6O3. The van der Waals surface area contributed by atoms with Crippen LogP contribution in [0.5, 0.6) is 0 Å². The molecule has 0 radical (unpaired) electrons. The first-order valence-corrected chi connectivity index (χ1v) is 7.10.